The molecular formula is C17H23NO3. The van der Waals surface area contributed by atoms with Crippen molar-refractivity contribution in [2.45, 2.75) is 13.0 Å². The van der Waals surface area contributed by atoms with Crippen molar-refractivity contribution in [2.24, 2.45) is 0 Å². The summed E-state index contributed by atoms with van der Waals surface area (Å²) in [4.78, 5) is 2.15. The predicted molar refractivity (Wildman–Crippen MR) is 84.6 cm³/mol. The molecule has 0 radical (unpaired) electrons. The van der Waals surface area contributed by atoms with Gasteiger partial charge in [0.25, 0.3) is 0 Å². The Balaban J connectivity index is 2.13. The average molecular weight is 289 g/mol. The summed E-state index contributed by atoms with van der Waals surface area (Å²) in [6, 6.07) is 12.4. The van der Waals surface area contributed by atoms with Gasteiger partial charge in [-0.25, -0.2) is 0 Å². The van der Waals surface area contributed by atoms with Crippen molar-refractivity contribution in [1.82, 2.24) is 4.90 Å². The van der Waals surface area contributed by atoms with E-state index in [0.29, 0.717) is 6.54 Å². The van der Waals surface area contributed by atoms with Crippen LogP contribution in [-0.4, -0.2) is 48.5 Å². The molecule has 2 N–H and O–H groups in total. The Hall–Kier alpha value is -1.62. The lowest BCUT2D eigenvalue weighted by atomic mass is 10.1. The second kappa shape index (κ2) is 7.98. The average Bonchev–Trinajstić information content (AvgIpc) is 2.52. The molecule has 0 fully saturated rings. The first-order chi connectivity index (χ1) is 10.3. The molecule has 0 aromatic heterocycles. The third-order valence-electron chi connectivity index (χ3n) is 3.57. The number of aliphatic hydroxyl groups excluding tert-OH is 2. The van der Waals surface area contributed by atoms with E-state index in [-0.39, 0.29) is 13.2 Å². The molecule has 0 saturated heterocycles. The summed E-state index contributed by atoms with van der Waals surface area (Å²) in [5, 5.41) is 20.4. The maximum Gasteiger partial charge on any atom is 0.119 e. The molecule has 4 nitrogen and oxygen atoms in total. The largest absolute Gasteiger partial charge is 0.497 e. The maximum atomic E-state index is 9.13. The highest BCUT2D eigenvalue weighted by molar-refractivity contribution is 5.84. The van der Waals surface area contributed by atoms with Crippen molar-refractivity contribution in [3.05, 3.63) is 42.0 Å². The van der Waals surface area contributed by atoms with Crippen LogP contribution in [0.1, 0.15) is 12.0 Å². The molecule has 4 heteroatoms. The molecule has 0 heterocycles. The zero-order chi connectivity index (χ0) is 15.1. The molecule has 0 aliphatic rings. The molecule has 0 bridgehead atoms. The normalized spacial score (nSPS) is 11.2. The highest BCUT2D eigenvalue weighted by Crippen LogP contribution is 2.22. The Bertz CT molecular complexity index is 571. The van der Waals surface area contributed by atoms with Gasteiger partial charge in [-0.3, -0.25) is 4.90 Å². The second-order valence-electron chi connectivity index (χ2n) is 5.12. The molecule has 0 aliphatic heterocycles. The zero-order valence-electron chi connectivity index (χ0n) is 12.5. The van der Waals surface area contributed by atoms with E-state index in [4.69, 9.17) is 14.9 Å². The Morgan fingerprint density at radius 1 is 0.952 bits per heavy atom. The van der Waals surface area contributed by atoms with Gasteiger partial charge in [0.1, 0.15) is 5.75 Å². The topological polar surface area (TPSA) is 52.9 Å². The van der Waals surface area contributed by atoms with Crippen molar-refractivity contribution >= 4 is 10.8 Å². The molecule has 2 rings (SSSR count). The number of benzene rings is 2. The van der Waals surface area contributed by atoms with Gasteiger partial charge in [-0.05, 0) is 41.0 Å². The van der Waals surface area contributed by atoms with Crippen LogP contribution < -0.4 is 4.74 Å². The minimum Gasteiger partial charge on any atom is -0.497 e. The van der Waals surface area contributed by atoms with Crippen LogP contribution in [0.15, 0.2) is 36.4 Å². The molecule has 21 heavy (non-hydrogen) atoms. The van der Waals surface area contributed by atoms with Gasteiger partial charge in [-0.2, -0.15) is 0 Å². The first-order valence-electron chi connectivity index (χ1n) is 7.27. The van der Waals surface area contributed by atoms with E-state index in [2.05, 4.69) is 29.2 Å². The number of fused-ring (bicyclic) bond motifs is 1. The zero-order valence-corrected chi connectivity index (χ0v) is 12.5. The number of hydrogen-bond acceptors (Lipinski definition) is 4. The molecule has 0 spiro atoms. The number of hydrogen-bond donors (Lipinski definition) is 2. The van der Waals surface area contributed by atoms with E-state index < -0.39 is 0 Å². The summed E-state index contributed by atoms with van der Waals surface area (Å²) >= 11 is 0. The summed E-state index contributed by atoms with van der Waals surface area (Å²) in [6.45, 7) is 2.51. The third kappa shape index (κ3) is 4.43. The first kappa shape index (κ1) is 15.8. The monoisotopic (exact) mass is 289 g/mol. The van der Waals surface area contributed by atoms with Crippen LogP contribution in [0.25, 0.3) is 10.8 Å². The molecule has 0 unspecified atom stereocenters. The van der Waals surface area contributed by atoms with Gasteiger partial charge in [0.05, 0.1) is 13.7 Å². The summed E-state index contributed by atoms with van der Waals surface area (Å²) in [5.41, 5.74) is 1.21. The number of ether oxygens (including phenoxy) is 1. The third-order valence-corrected chi connectivity index (χ3v) is 3.57. The van der Waals surface area contributed by atoms with Gasteiger partial charge in [0, 0.05) is 26.2 Å². The van der Waals surface area contributed by atoms with E-state index in [0.717, 1.165) is 30.6 Å². The SMILES string of the molecule is COc1ccc2cc(CN(CCO)CCCO)ccc2c1. The number of nitrogens with zero attached hydrogens (tertiary/aromatic N) is 1. The molecule has 0 amide bonds. The molecule has 0 saturated carbocycles. The molecule has 0 aliphatic carbocycles. The first-order valence-corrected chi connectivity index (χ1v) is 7.27. The quantitative estimate of drug-likeness (QED) is 0.781. The van der Waals surface area contributed by atoms with Gasteiger partial charge in [0.2, 0.25) is 0 Å². The predicted octanol–water partition coefficient (Wildman–Crippen LogP) is 2.03. The van der Waals surface area contributed by atoms with Crippen molar-refractivity contribution in [3.63, 3.8) is 0 Å². The lowest BCUT2D eigenvalue weighted by Crippen LogP contribution is -2.28. The van der Waals surface area contributed by atoms with Gasteiger partial charge in [-0.1, -0.05) is 18.2 Å². The van der Waals surface area contributed by atoms with Gasteiger partial charge in [0.15, 0.2) is 0 Å². The van der Waals surface area contributed by atoms with E-state index in [1.54, 1.807) is 7.11 Å². The van der Waals surface area contributed by atoms with E-state index in [1.807, 2.05) is 12.1 Å². The molecule has 0 atom stereocenters. The van der Waals surface area contributed by atoms with Crippen molar-refractivity contribution in [1.29, 1.82) is 0 Å². The summed E-state index contributed by atoms with van der Waals surface area (Å²) in [5.74, 6) is 0.861. The highest BCUT2D eigenvalue weighted by atomic mass is 16.5. The van der Waals surface area contributed by atoms with Crippen molar-refractivity contribution in [2.75, 3.05) is 33.4 Å². The van der Waals surface area contributed by atoms with Crippen molar-refractivity contribution < 1.29 is 14.9 Å². The van der Waals surface area contributed by atoms with Crippen LogP contribution in [-0.2, 0) is 6.54 Å². The lowest BCUT2D eigenvalue weighted by Gasteiger charge is -2.21. The van der Waals surface area contributed by atoms with E-state index in [1.165, 1.54) is 10.9 Å². The Morgan fingerprint density at radius 3 is 2.43 bits per heavy atom. The van der Waals surface area contributed by atoms with Crippen LogP contribution in [0.3, 0.4) is 0 Å². The van der Waals surface area contributed by atoms with Gasteiger partial charge < -0.3 is 14.9 Å². The van der Waals surface area contributed by atoms with Gasteiger partial charge >= 0.3 is 0 Å². The maximum absolute atomic E-state index is 9.13. The van der Waals surface area contributed by atoms with Crippen LogP contribution in [0.2, 0.25) is 0 Å². The fourth-order valence-electron chi connectivity index (χ4n) is 2.46. The lowest BCUT2D eigenvalue weighted by molar-refractivity contribution is 0.174. The van der Waals surface area contributed by atoms with Crippen LogP contribution >= 0.6 is 0 Å². The number of rotatable bonds is 8. The fourth-order valence-corrected chi connectivity index (χ4v) is 2.46. The fraction of sp³-hybridized carbons (Fsp3) is 0.412. The minimum absolute atomic E-state index is 0.135. The van der Waals surface area contributed by atoms with E-state index in [9.17, 15) is 0 Å². The van der Waals surface area contributed by atoms with Crippen LogP contribution in [0.4, 0.5) is 0 Å². The standard InChI is InChI=1S/C17H23NO3/c1-21-17-6-5-15-11-14(3-4-16(15)12-17)13-18(8-10-20)7-2-9-19/h3-6,11-12,19-20H,2,7-10,13H2,1H3. The van der Waals surface area contributed by atoms with Crippen molar-refractivity contribution in [3.8, 4) is 5.75 Å². The second-order valence-corrected chi connectivity index (χ2v) is 5.12. The Kier molecular flexibility index (Phi) is 5.99. The minimum atomic E-state index is 0.135. The van der Waals surface area contributed by atoms with Gasteiger partial charge in [-0.15, -0.1) is 0 Å². The summed E-state index contributed by atoms with van der Waals surface area (Å²) in [7, 11) is 1.67. The van der Waals surface area contributed by atoms with Crippen LogP contribution in [0.5, 0.6) is 5.75 Å². The number of methoxy groups -OCH3 is 1. The Morgan fingerprint density at radius 2 is 1.71 bits per heavy atom. The van der Waals surface area contributed by atoms with Crippen LogP contribution in [0, 0.1) is 0 Å². The summed E-state index contributed by atoms with van der Waals surface area (Å²) < 4.78 is 5.23. The molecule has 2 aromatic carbocycles. The molecular weight excluding hydrogens is 266 g/mol. The summed E-state index contributed by atoms with van der Waals surface area (Å²) in [6.07, 6.45) is 0.727. The molecule has 2 aromatic rings. The Labute approximate surface area is 125 Å². The smallest absolute Gasteiger partial charge is 0.119 e. The highest BCUT2D eigenvalue weighted by Gasteiger charge is 2.06. The number of aliphatic hydroxyl groups is 2. The van der Waals surface area contributed by atoms with E-state index >= 15 is 0 Å². The molecule has 114 valence electrons.